The normalized spacial score (nSPS) is 19.1. The van der Waals surface area contributed by atoms with E-state index in [0.717, 1.165) is 21.9 Å². The number of rotatable bonds is 1. The number of thioether (sulfide) groups is 1. The Kier molecular flexibility index (Phi) is 2.90. The molecule has 5 rings (SSSR count). The van der Waals surface area contributed by atoms with Gasteiger partial charge >= 0.3 is 5.63 Å². The molecular formula is C19H12N2O2S. The third-order valence-corrected chi connectivity index (χ3v) is 5.17. The van der Waals surface area contributed by atoms with E-state index >= 15 is 0 Å². The maximum Gasteiger partial charge on any atom is 0.345 e. The summed E-state index contributed by atoms with van der Waals surface area (Å²) >= 11 is 1.61. The summed E-state index contributed by atoms with van der Waals surface area (Å²) in [4.78, 5) is 18.9. The van der Waals surface area contributed by atoms with Crippen molar-refractivity contribution in [1.29, 1.82) is 0 Å². The summed E-state index contributed by atoms with van der Waals surface area (Å²) in [5.74, 6) is 0. The molecule has 0 amide bonds. The first-order valence-electron chi connectivity index (χ1n) is 7.61. The van der Waals surface area contributed by atoms with Crippen molar-refractivity contribution in [3.63, 3.8) is 0 Å². The van der Waals surface area contributed by atoms with Gasteiger partial charge in [-0.15, -0.1) is 0 Å². The van der Waals surface area contributed by atoms with Crippen LogP contribution < -0.4 is 5.63 Å². The van der Waals surface area contributed by atoms with E-state index < -0.39 is 0 Å². The van der Waals surface area contributed by atoms with Crippen molar-refractivity contribution in [2.75, 3.05) is 0 Å². The highest BCUT2D eigenvalue weighted by atomic mass is 32.2. The standard InChI is InChI=1S/C19H12N2O2S/c22-18-15(16-7-8-20-19-21(16)9-10-24-19)11-14-13-4-2-1-3-12(13)5-6-17(14)23-18/h1-11,19H. The first-order valence-corrected chi connectivity index (χ1v) is 8.55. The minimum atomic E-state index is -0.330. The second kappa shape index (κ2) is 5.11. The first kappa shape index (κ1) is 13.6. The Hall–Kier alpha value is -2.79. The van der Waals surface area contributed by atoms with Crippen LogP contribution in [0.15, 0.2) is 74.4 Å². The van der Waals surface area contributed by atoms with Crippen molar-refractivity contribution in [2.24, 2.45) is 4.99 Å². The van der Waals surface area contributed by atoms with E-state index in [1.54, 1.807) is 18.0 Å². The van der Waals surface area contributed by atoms with Crippen LogP contribution in [0, 0.1) is 0 Å². The van der Waals surface area contributed by atoms with E-state index in [0.29, 0.717) is 11.1 Å². The Morgan fingerprint density at radius 3 is 3.00 bits per heavy atom. The summed E-state index contributed by atoms with van der Waals surface area (Å²) in [6.45, 7) is 0. The van der Waals surface area contributed by atoms with Gasteiger partial charge in [-0.25, -0.2) is 4.79 Å². The summed E-state index contributed by atoms with van der Waals surface area (Å²) in [6, 6.07) is 13.9. The van der Waals surface area contributed by atoms with Crippen LogP contribution in [0.4, 0.5) is 0 Å². The molecule has 3 aromatic rings. The quantitative estimate of drug-likeness (QED) is 0.495. The Morgan fingerprint density at radius 2 is 2.04 bits per heavy atom. The average molecular weight is 332 g/mol. The molecule has 2 aliphatic heterocycles. The van der Waals surface area contributed by atoms with Gasteiger partial charge in [-0.1, -0.05) is 42.1 Å². The highest BCUT2D eigenvalue weighted by molar-refractivity contribution is 8.02. The Balaban J connectivity index is 1.80. The smallest absolute Gasteiger partial charge is 0.345 e. The van der Waals surface area contributed by atoms with Gasteiger partial charge in [0.1, 0.15) is 5.58 Å². The van der Waals surface area contributed by atoms with Crippen LogP contribution in [0.2, 0.25) is 0 Å². The molecule has 3 heterocycles. The largest absolute Gasteiger partial charge is 0.422 e. The second-order valence-electron chi connectivity index (χ2n) is 5.65. The third kappa shape index (κ3) is 1.95. The molecule has 0 aliphatic carbocycles. The molecule has 0 fully saturated rings. The molecule has 0 radical (unpaired) electrons. The number of nitrogens with zero attached hydrogens (tertiary/aromatic N) is 2. The maximum atomic E-state index is 12.5. The number of benzene rings is 2. The molecule has 2 aliphatic rings. The van der Waals surface area contributed by atoms with Gasteiger partial charge in [-0.2, -0.15) is 0 Å². The van der Waals surface area contributed by atoms with Gasteiger partial charge in [0.15, 0.2) is 5.50 Å². The van der Waals surface area contributed by atoms with E-state index in [-0.39, 0.29) is 11.1 Å². The Morgan fingerprint density at radius 1 is 1.12 bits per heavy atom. The Bertz CT molecular complexity index is 1130. The van der Waals surface area contributed by atoms with Gasteiger partial charge in [0.25, 0.3) is 0 Å². The molecule has 1 atom stereocenters. The lowest BCUT2D eigenvalue weighted by molar-refractivity contribution is 0.506. The average Bonchev–Trinajstić information content (AvgIpc) is 3.10. The molecule has 116 valence electrons. The van der Waals surface area contributed by atoms with Gasteiger partial charge in [0.05, 0.1) is 11.3 Å². The zero-order valence-electron chi connectivity index (χ0n) is 12.5. The number of hydrogen-bond donors (Lipinski definition) is 0. The zero-order chi connectivity index (χ0) is 16.1. The van der Waals surface area contributed by atoms with E-state index in [9.17, 15) is 4.79 Å². The Labute approximate surface area is 141 Å². The minimum absolute atomic E-state index is 0.0346. The predicted octanol–water partition coefficient (Wildman–Crippen LogP) is 4.18. The molecule has 0 saturated carbocycles. The molecule has 0 bridgehead atoms. The zero-order valence-corrected chi connectivity index (χ0v) is 13.4. The fourth-order valence-corrected chi connectivity index (χ4v) is 3.97. The second-order valence-corrected chi connectivity index (χ2v) is 6.62. The van der Waals surface area contributed by atoms with Crippen LogP contribution in [0.5, 0.6) is 0 Å². The van der Waals surface area contributed by atoms with Crippen LogP contribution in [0.3, 0.4) is 0 Å². The molecule has 5 heteroatoms. The number of allylic oxidation sites excluding steroid dienone is 1. The van der Waals surface area contributed by atoms with E-state index in [4.69, 9.17) is 4.42 Å². The highest BCUT2D eigenvalue weighted by Crippen LogP contribution is 2.35. The van der Waals surface area contributed by atoms with Crippen LogP contribution in [0.25, 0.3) is 27.4 Å². The number of aliphatic imine (C=N–C) groups is 1. The molecule has 4 nitrogen and oxygen atoms in total. The lowest BCUT2D eigenvalue weighted by atomic mass is 10.0. The van der Waals surface area contributed by atoms with Crippen LogP contribution in [0.1, 0.15) is 5.56 Å². The van der Waals surface area contributed by atoms with Gasteiger partial charge in [-0.05, 0) is 34.4 Å². The van der Waals surface area contributed by atoms with Crippen LogP contribution >= 0.6 is 11.8 Å². The summed E-state index contributed by atoms with van der Waals surface area (Å²) in [5.41, 5.74) is 1.62. The molecule has 1 aromatic heterocycles. The van der Waals surface area contributed by atoms with Gasteiger partial charge in [0.2, 0.25) is 0 Å². The monoisotopic (exact) mass is 332 g/mol. The van der Waals surface area contributed by atoms with E-state index in [1.165, 1.54) is 0 Å². The summed E-state index contributed by atoms with van der Waals surface area (Å²) in [6.07, 6.45) is 5.56. The molecule has 0 N–H and O–H groups in total. The lowest BCUT2D eigenvalue weighted by Gasteiger charge is -2.26. The first-order chi connectivity index (χ1) is 11.8. The minimum Gasteiger partial charge on any atom is -0.422 e. The van der Waals surface area contributed by atoms with Crippen LogP contribution in [-0.4, -0.2) is 16.6 Å². The highest BCUT2D eigenvalue weighted by Gasteiger charge is 2.27. The fraction of sp³-hybridized carbons (Fsp3) is 0.0526. The van der Waals surface area contributed by atoms with Crippen molar-refractivity contribution >= 4 is 45.4 Å². The topological polar surface area (TPSA) is 45.8 Å². The van der Waals surface area contributed by atoms with Crippen molar-refractivity contribution in [2.45, 2.75) is 5.50 Å². The molecular weight excluding hydrogens is 320 g/mol. The van der Waals surface area contributed by atoms with E-state index in [2.05, 4.69) is 11.1 Å². The van der Waals surface area contributed by atoms with Gasteiger partial charge in [0, 0.05) is 17.8 Å². The maximum absolute atomic E-state index is 12.5. The van der Waals surface area contributed by atoms with Crippen molar-refractivity contribution < 1.29 is 4.42 Å². The van der Waals surface area contributed by atoms with Crippen LogP contribution in [-0.2, 0) is 0 Å². The number of hydrogen-bond acceptors (Lipinski definition) is 5. The van der Waals surface area contributed by atoms with Gasteiger partial charge < -0.3 is 9.32 Å². The molecule has 0 saturated heterocycles. The van der Waals surface area contributed by atoms with E-state index in [1.807, 2.05) is 59.0 Å². The lowest BCUT2D eigenvalue weighted by Crippen LogP contribution is -2.26. The predicted molar refractivity (Wildman–Crippen MR) is 98.8 cm³/mol. The van der Waals surface area contributed by atoms with Crippen molar-refractivity contribution in [3.05, 3.63) is 76.1 Å². The fourth-order valence-electron chi connectivity index (χ4n) is 3.17. The molecule has 24 heavy (non-hydrogen) atoms. The van der Waals surface area contributed by atoms with Crippen molar-refractivity contribution in [1.82, 2.24) is 4.90 Å². The summed E-state index contributed by atoms with van der Waals surface area (Å²) < 4.78 is 5.60. The van der Waals surface area contributed by atoms with Gasteiger partial charge in [-0.3, -0.25) is 4.99 Å². The molecule has 0 spiro atoms. The SMILES string of the molecule is O=c1oc2ccc3ccccc3c2cc1C1=CC=NC2SC=CN12. The molecule has 1 unspecified atom stereocenters. The summed E-state index contributed by atoms with van der Waals surface area (Å²) in [7, 11) is 0. The molecule has 2 aromatic carbocycles. The third-order valence-electron chi connectivity index (χ3n) is 4.30. The summed E-state index contributed by atoms with van der Waals surface area (Å²) in [5, 5.41) is 5.13. The van der Waals surface area contributed by atoms with Crippen molar-refractivity contribution in [3.8, 4) is 0 Å². The number of fused-ring (bicyclic) bond motifs is 4.